The Morgan fingerprint density at radius 2 is 0.621 bits per heavy atom. The Morgan fingerprint density at radius 3 is 1.02 bits per heavy atom. The van der Waals surface area contributed by atoms with E-state index in [1.54, 1.807) is 0 Å². The molecule has 0 spiro atoms. The molecule has 18 heteroatoms. The fraction of sp³-hybridized carbons (Fsp3) is 0.638. The van der Waals surface area contributed by atoms with Crippen LogP contribution in [0.1, 0.15) is 226 Å². The average molecular weight is 1260 g/mol. The number of carbonyl (C=O) groups excluding carboxylic acids is 3. The Balaban J connectivity index is 4.62. The number of phosphoric acid groups is 2. The van der Waals surface area contributed by atoms with Crippen molar-refractivity contribution < 1.29 is 75.8 Å². The van der Waals surface area contributed by atoms with E-state index < -0.39 is 91.5 Å². The summed E-state index contributed by atoms with van der Waals surface area (Å²) >= 11 is 0. The number of unbranched alkanes of at least 4 members (excludes halogenated alkanes) is 15. The van der Waals surface area contributed by atoms with Crippen LogP contribution in [0.2, 0.25) is 0 Å². The van der Waals surface area contributed by atoms with Crippen LogP contribution in [0.3, 0.4) is 0 Å². The maximum absolute atomic E-state index is 12.8. The van der Waals surface area contributed by atoms with Gasteiger partial charge in [-0.2, -0.15) is 0 Å². The molecule has 0 aromatic heterocycles. The van der Waals surface area contributed by atoms with Crippen molar-refractivity contribution in [2.75, 3.05) is 39.6 Å². The van der Waals surface area contributed by atoms with Crippen LogP contribution in [0.25, 0.3) is 0 Å². The van der Waals surface area contributed by atoms with Crippen LogP contribution in [-0.2, 0) is 55.8 Å². The van der Waals surface area contributed by atoms with Crippen molar-refractivity contribution in [3.63, 3.8) is 0 Å². The van der Waals surface area contributed by atoms with E-state index in [1.165, 1.54) is 12.8 Å². The summed E-state index contributed by atoms with van der Waals surface area (Å²) in [4.78, 5) is 58.2. The van der Waals surface area contributed by atoms with E-state index in [2.05, 4.69) is 142 Å². The minimum absolute atomic E-state index is 0.0779. The smallest absolute Gasteiger partial charge is 0.463 e. The number of rotatable bonds is 60. The Morgan fingerprint density at radius 1 is 0.333 bits per heavy atom. The molecule has 0 amide bonds. The van der Waals surface area contributed by atoms with Crippen LogP contribution in [0, 0.1) is 0 Å². The third-order valence-electron chi connectivity index (χ3n) is 12.8. The van der Waals surface area contributed by atoms with Gasteiger partial charge in [0.1, 0.15) is 25.4 Å². The number of hydrogen-bond acceptors (Lipinski definition) is 14. The second kappa shape index (κ2) is 61.9. The van der Waals surface area contributed by atoms with Gasteiger partial charge < -0.3 is 34.2 Å². The van der Waals surface area contributed by atoms with Gasteiger partial charge in [0.05, 0.1) is 26.4 Å². The number of aliphatic hydroxyl groups is 2. The molecular weight excluding hydrogens is 1150 g/mol. The second-order valence-corrected chi connectivity index (χ2v) is 24.1. The van der Waals surface area contributed by atoms with Gasteiger partial charge in [0.25, 0.3) is 0 Å². The summed E-state index contributed by atoms with van der Waals surface area (Å²) in [6.07, 6.45) is 71.0. The highest BCUT2D eigenvalue weighted by molar-refractivity contribution is 7.47. The lowest BCUT2D eigenvalue weighted by Crippen LogP contribution is -2.30. The molecule has 0 rings (SSSR count). The zero-order valence-corrected chi connectivity index (χ0v) is 55.2. The number of phosphoric ester groups is 2. The molecular formula is C69H114O16P2. The van der Waals surface area contributed by atoms with Crippen molar-refractivity contribution in [3.05, 3.63) is 134 Å². The fourth-order valence-corrected chi connectivity index (χ4v) is 9.49. The van der Waals surface area contributed by atoms with Crippen LogP contribution in [0.4, 0.5) is 0 Å². The lowest BCUT2D eigenvalue weighted by Gasteiger charge is -2.21. The molecule has 4 N–H and O–H groups in total. The number of allylic oxidation sites excluding steroid dienone is 22. The normalized spacial score (nSPS) is 15.2. The molecule has 496 valence electrons. The summed E-state index contributed by atoms with van der Waals surface area (Å²) in [6, 6.07) is 0. The van der Waals surface area contributed by atoms with Crippen LogP contribution in [0.5, 0.6) is 0 Å². The number of hydrogen-bond donors (Lipinski definition) is 4. The summed E-state index contributed by atoms with van der Waals surface area (Å²) < 4.78 is 60.6. The molecule has 0 aliphatic rings. The van der Waals surface area contributed by atoms with Crippen LogP contribution < -0.4 is 0 Å². The molecule has 0 aliphatic carbocycles. The van der Waals surface area contributed by atoms with Crippen molar-refractivity contribution in [1.29, 1.82) is 0 Å². The van der Waals surface area contributed by atoms with E-state index in [0.29, 0.717) is 25.7 Å². The van der Waals surface area contributed by atoms with E-state index in [1.807, 2.05) is 12.2 Å². The molecule has 0 aromatic rings. The zero-order chi connectivity index (χ0) is 63.8. The molecule has 0 saturated carbocycles. The van der Waals surface area contributed by atoms with Gasteiger partial charge in [-0.25, -0.2) is 9.13 Å². The molecule has 5 atom stereocenters. The first-order valence-electron chi connectivity index (χ1n) is 32.5. The van der Waals surface area contributed by atoms with Crippen molar-refractivity contribution in [2.24, 2.45) is 0 Å². The Bertz CT molecular complexity index is 2120. The minimum atomic E-state index is -4.94. The standard InChI is InChI=1S/C69H114O16P2/c1-4-7-10-13-16-19-22-24-26-28-29-30-31-32-33-35-37-38-41-43-46-49-52-55-67(72)79-58-64(70)59-81-86(75,76)82-60-65(71)61-83-87(77,78)84-63-66(85-69(74)57-54-51-48-45-40-21-18-15-12-9-6-3)62-80-68(73)56-53-50-47-44-42-39-36-34-27-25-23-20-17-14-11-8-5-2/h7-8,10-11,15-20,24-27,29-30,32-33,36,39,44,47,64-66,70-71H,4-6,9,12-14,21-23,28,31,34-35,37-38,40-43,45-46,48-63H2,1-3H3,(H,75,76)(H,77,78)/b10-7-,11-8-,18-15-,19-16-,20-17-,26-24-,27-25-,30-29-,33-32-,39-36-,47-44-. The quantitative estimate of drug-likeness (QED) is 0.0146. The molecule has 0 bridgehead atoms. The molecule has 0 fully saturated rings. The molecule has 16 nitrogen and oxygen atoms in total. The van der Waals surface area contributed by atoms with Crippen LogP contribution in [-0.4, -0.2) is 95.9 Å². The molecule has 0 radical (unpaired) electrons. The minimum Gasteiger partial charge on any atom is -0.463 e. The lowest BCUT2D eigenvalue weighted by molar-refractivity contribution is -0.161. The van der Waals surface area contributed by atoms with Crippen molar-refractivity contribution >= 4 is 33.6 Å². The number of carbonyl (C=O) groups is 3. The third kappa shape index (κ3) is 63.1. The molecule has 5 unspecified atom stereocenters. The molecule has 0 aliphatic heterocycles. The highest BCUT2D eigenvalue weighted by Crippen LogP contribution is 2.45. The average Bonchev–Trinajstić information content (AvgIpc) is 3.57. The first-order chi connectivity index (χ1) is 42.2. The maximum atomic E-state index is 12.8. The van der Waals surface area contributed by atoms with Gasteiger partial charge in [0.15, 0.2) is 6.10 Å². The largest absolute Gasteiger partial charge is 0.472 e. The number of ether oxygens (including phenoxy) is 3. The van der Waals surface area contributed by atoms with Gasteiger partial charge in [-0.05, 0) is 122 Å². The highest BCUT2D eigenvalue weighted by atomic mass is 31.2. The summed E-state index contributed by atoms with van der Waals surface area (Å²) in [5.41, 5.74) is 0. The van der Waals surface area contributed by atoms with Crippen molar-refractivity contribution in [3.8, 4) is 0 Å². The molecule has 0 saturated heterocycles. The topological polar surface area (TPSA) is 231 Å². The van der Waals surface area contributed by atoms with Crippen LogP contribution >= 0.6 is 15.6 Å². The second-order valence-electron chi connectivity index (χ2n) is 21.1. The van der Waals surface area contributed by atoms with Gasteiger partial charge in [0.2, 0.25) is 0 Å². The Hall–Kier alpha value is -4.31. The first-order valence-corrected chi connectivity index (χ1v) is 35.5. The molecule has 87 heavy (non-hydrogen) atoms. The predicted molar refractivity (Wildman–Crippen MR) is 353 cm³/mol. The third-order valence-corrected chi connectivity index (χ3v) is 14.7. The summed E-state index contributed by atoms with van der Waals surface area (Å²) in [6.45, 7) is 2.27. The zero-order valence-electron chi connectivity index (χ0n) is 53.4. The first kappa shape index (κ1) is 82.7. The van der Waals surface area contributed by atoms with Gasteiger partial charge in [-0.15, -0.1) is 0 Å². The molecule has 0 aromatic carbocycles. The maximum Gasteiger partial charge on any atom is 0.472 e. The summed E-state index contributed by atoms with van der Waals surface area (Å²) in [5.74, 6) is -1.68. The van der Waals surface area contributed by atoms with E-state index in [9.17, 15) is 43.5 Å². The van der Waals surface area contributed by atoms with Gasteiger partial charge >= 0.3 is 33.6 Å². The SMILES string of the molecule is CC/C=C\C/C=C\C/C=C\C/C=C\C/C=C\CCCCCCCCCC(=O)OCC(O)COP(=O)(O)OCC(O)COP(=O)(O)OCC(COC(=O)CCC/C=C\C/C=C\C/C=C\C/C=C\C/C=C\CC)OC(=O)CCCCCCC/C=C\CCCC. The number of esters is 3. The van der Waals surface area contributed by atoms with Crippen molar-refractivity contribution in [1.82, 2.24) is 0 Å². The van der Waals surface area contributed by atoms with Crippen molar-refractivity contribution in [2.45, 2.75) is 245 Å². The highest BCUT2D eigenvalue weighted by Gasteiger charge is 2.29. The van der Waals surface area contributed by atoms with E-state index in [0.717, 1.165) is 148 Å². The number of aliphatic hydroxyl groups excluding tert-OH is 2. The van der Waals surface area contributed by atoms with E-state index >= 15 is 0 Å². The lowest BCUT2D eigenvalue weighted by atomic mass is 10.1. The van der Waals surface area contributed by atoms with E-state index in [4.69, 9.17) is 32.3 Å². The summed E-state index contributed by atoms with van der Waals surface area (Å²) in [5, 5.41) is 20.5. The predicted octanol–water partition coefficient (Wildman–Crippen LogP) is 17.6. The van der Waals surface area contributed by atoms with E-state index in [-0.39, 0.29) is 19.3 Å². The monoisotopic (exact) mass is 1260 g/mol. The Labute approximate surface area is 525 Å². The van der Waals surface area contributed by atoms with Gasteiger partial charge in [0, 0.05) is 19.3 Å². The van der Waals surface area contributed by atoms with Crippen LogP contribution in [0.15, 0.2) is 134 Å². The summed E-state index contributed by atoms with van der Waals surface area (Å²) in [7, 11) is -9.79. The van der Waals surface area contributed by atoms with Gasteiger partial charge in [-0.3, -0.25) is 32.5 Å². The Kier molecular flexibility index (Phi) is 58.8. The fourth-order valence-electron chi connectivity index (χ4n) is 7.91. The van der Waals surface area contributed by atoms with Gasteiger partial charge in [-0.1, -0.05) is 219 Å². The molecule has 0 heterocycles.